The van der Waals surface area contributed by atoms with Crippen LogP contribution in [0.4, 0.5) is 0 Å². The van der Waals surface area contributed by atoms with Gasteiger partial charge in [-0.15, -0.1) is 0 Å². The number of fused-ring (bicyclic) bond motifs is 1. The van der Waals surface area contributed by atoms with Crippen LogP contribution in [0.1, 0.15) is 11.9 Å². The Bertz CT molecular complexity index is 469. The van der Waals surface area contributed by atoms with Gasteiger partial charge in [-0.25, -0.2) is 4.98 Å². The molecule has 2 N–H and O–H groups in total. The number of ether oxygens (including phenoxy) is 1. The molecular formula is C10H11ClN2O2. The summed E-state index contributed by atoms with van der Waals surface area (Å²) < 4.78 is 10.4. The number of methoxy groups -OCH3 is 1. The van der Waals surface area contributed by atoms with Gasteiger partial charge in [0.15, 0.2) is 5.58 Å². The van der Waals surface area contributed by atoms with E-state index >= 15 is 0 Å². The Morgan fingerprint density at radius 3 is 3.13 bits per heavy atom. The second-order valence-corrected chi connectivity index (χ2v) is 3.66. The maximum absolute atomic E-state index is 5.83. The molecule has 0 saturated heterocycles. The first kappa shape index (κ1) is 10.4. The SMILES string of the molecule is COCC(N)c1nc2cc(Cl)ccc2o1. The van der Waals surface area contributed by atoms with Crippen molar-refractivity contribution in [3.8, 4) is 0 Å². The first-order valence-corrected chi connectivity index (χ1v) is 4.89. The quantitative estimate of drug-likeness (QED) is 0.871. The van der Waals surface area contributed by atoms with Gasteiger partial charge >= 0.3 is 0 Å². The lowest BCUT2D eigenvalue weighted by Crippen LogP contribution is -2.16. The molecule has 1 aromatic heterocycles. The number of oxazole rings is 1. The second-order valence-electron chi connectivity index (χ2n) is 3.23. The molecule has 2 aromatic rings. The van der Waals surface area contributed by atoms with E-state index in [1.54, 1.807) is 25.3 Å². The third-order valence-electron chi connectivity index (χ3n) is 2.03. The summed E-state index contributed by atoms with van der Waals surface area (Å²) in [4.78, 5) is 4.24. The van der Waals surface area contributed by atoms with Crippen molar-refractivity contribution < 1.29 is 9.15 Å². The van der Waals surface area contributed by atoms with E-state index in [4.69, 9.17) is 26.5 Å². The molecule has 0 fully saturated rings. The van der Waals surface area contributed by atoms with E-state index in [0.29, 0.717) is 28.6 Å². The molecule has 1 heterocycles. The Morgan fingerprint density at radius 2 is 2.40 bits per heavy atom. The highest BCUT2D eigenvalue weighted by Crippen LogP contribution is 2.22. The zero-order valence-corrected chi connectivity index (χ0v) is 8.99. The summed E-state index contributed by atoms with van der Waals surface area (Å²) in [5.74, 6) is 0.467. The third kappa shape index (κ3) is 2.12. The Labute approximate surface area is 92.0 Å². The van der Waals surface area contributed by atoms with Gasteiger partial charge in [-0.2, -0.15) is 0 Å². The lowest BCUT2D eigenvalue weighted by atomic mass is 10.3. The molecule has 2 rings (SSSR count). The van der Waals surface area contributed by atoms with Crippen LogP contribution in [0.25, 0.3) is 11.1 Å². The molecule has 1 aromatic carbocycles. The summed E-state index contributed by atoms with van der Waals surface area (Å²) in [6, 6.07) is 4.92. The average molecular weight is 227 g/mol. The van der Waals surface area contributed by atoms with E-state index in [-0.39, 0.29) is 6.04 Å². The molecule has 80 valence electrons. The van der Waals surface area contributed by atoms with E-state index in [1.807, 2.05) is 0 Å². The number of benzene rings is 1. The van der Waals surface area contributed by atoms with Crippen molar-refractivity contribution >= 4 is 22.7 Å². The van der Waals surface area contributed by atoms with Crippen LogP contribution < -0.4 is 5.73 Å². The number of nitrogens with zero attached hydrogens (tertiary/aromatic N) is 1. The topological polar surface area (TPSA) is 61.3 Å². The Hall–Kier alpha value is -1.10. The molecule has 0 aliphatic heterocycles. The molecule has 0 bridgehead atoms. The standard InChI is InChI=1S/C10H11ClN2O2/c1-14-5-7(12)10-13-8-4-6(11)2-3-9(8)15-10/h2-4,7H,5,12H2,1H3. The van der Waals surface area contributed by atoms with Gasteiger partial charge in [0.1, 0.15) is 11.6 Å². The van der Waals surface area contributed by atoms with Gasteiger partial charge < -0.3 is 14.9 Å². The minimum atomic E-state index is -0.346. The highest BCUT2D eigenvalue weighted by Gasteiger charge is 2.13. The highest BCUT2D eigenvalue weighted by atomic mass is 35.5. The van der Waals surface area contributed by atoms with Gasteiger partial charge in [0.05, 0.1) is 6.61 Å². The van der Waals surface area contributed by atoms with Gasteiger partial charge in [-0.05, 0) is 18.2 Å². The average Bonchev–Trinajstić information content (AvgIpc) is 2.60. The Morgan fingerprint density at radius 1 is 1.60 bits per heavy atom. The third-order valence-corrected chi connectivity index (χ3v) is 2.26. The van der Waals surface area contributed by atoms with Crippen molar-refractivity contribution in [2.24, 2.45) is 5.73 Å². The first-order chi connectivity index (χ1) is 7.20. The van der Waals surface area contributed by atoms with Gasteiger partial charge in [-0.1, -0.05) is 11.6 Å². The predicted octanol–water partition coefficient (Wildman–Crippen LogP) is 2.13. The van der Waals surface area contributed by atoms with Crippen molar-refractivity contribution in [3.63, 3.8) is 0 Å². The normalized spacial score (nSPS) is 13.3. The molecule has 0 radical (unpaired) electrons. The Kier molecular flexibility index (Phi) is 2.90. The van der Waals surface area contributed by atoms with Crippen LogP contribution in [0.2, 0.25) is 5.02 Å². The maximum Gasteiger partial charge on any atom is 0.214 e. The van der Waals surface area contributed by atoms with Crippen LogP contribution in [-0.4, -0.2) is 18.7 Å². The monoisotopic (exact) mass is 226 g/mol. The number of hydrogen-bond donors (Lipinski definition) is 1. The molecular weight excluding hydrogens is 216 g/mol. The first-order valence-electron chi connectivity index (χ1n) is 4.51. The molecule has 1 unspecified atom stereocenters. The minimum absolute atomic E-state index is 0.346. The van der Waals surface area contributed by atoms with Gasteiger partial charge in [-0.3, -0.25) is 0 Å². The van der Waals surface area contributed by atoms with E-state index < -0.39 is 0 Å². The van der Waals surface area contributed by atoms with Crippen LogP contribution in [0.15, 0.2) is 22.6 Å². The molecule has 0 aliphatic rings. The summed E-state index contributed by atoms with van der Waals surface area (Å²) in [5, 5.41) is 0.627. The number of nitrogens with two attached hydrogens (primary N) is 1. The molecule has 4 nitrogen and oxygen atoms in total. The van der Waals surface area contributed by atoms with E-state index in [0.717, 1.165) is 0 Å². The maximum atomic E-state index is 5.83. The van der Waals surface area contributed by atoms with Crippen molar-refractivity contribution in [1.82, 2.24) is 4.98 Å². The minimum Gasteiger partial charge on any atom is -0.439 e. The summed E-state index contributed by atoms with van der Waals surface area (Å²) in [6.45, 7) is 0.376. The fourth-order valence-electron chi connectivity index (χ4n) is 1.33. The summed E-state index contributed by atoms with van der Waals surface area (Å²) in [5.41, 5.74) is 7.19. The molecule has 0 aliphatic carbocycles. The molecule has 1 atom stereocenters. The van der Waals surface area contributed by atoms with Crippen LogP contribution in [0, 0.1) is 0 Å². The number of hydrogen-bond acceptors (Lipinski definition) is 4. The lowest BCUT2D eigenvalue weighted by Gasteiger charge is -2.03. The zero-order valence-electron chi connectivity index (χ0n) is 8.24. The predicted molar refractivity (Wildman–Crippen MR) is 57.8 cm³/mol. The molecule has 0 amide bonds. The van der Waals surface area contributed by atoms with E-state index in [1.165, 1.54) is 0 Å². The number of halogens is 1. The largest absolute Gasteiger partial charge is 0.439 e. The lowest BCUT2D eigenvalue weighted by molar-refractivity contribution is 0.171. The molecule has 0 saturated carbocycles. The van der Waals surface area contributed by atoms with E-state index in [9.17, 15) is 0 Å². The van der Waals surface area contributed by atoms with Crippen molar-refractivity contribution in [2.45, 2.75) is 6.04 Å². The number of aromatic nitrogens is 1. The van der Waals surface area contributed by atoms with Crippen molar-refractivity contribution in [2.75, 3.05) is 13.7 Å². The highest BCUT2D eigenvalue weighted by molar-refractivity contribution is 6.31. The van der Waals surface area contributed by atoms with Crippen molar-refractivity contribution in [1.29, 1.82) is 0 Å². The van der Waals surface area contributed by atoms with Crippen LogP contribution >= 0.6 is 11.6 Å². The molecule has 15 heavy (non-hydrogen) atoms. The van der Waals surface area contributed by atoms with Crippen molar-refractivity contribution in [3.05, 3.63) is 29.1 Å². The fraction of sp³-hybridized carbons (Fsp3) is 0.300. The van der Waals surface area contributed by atoms with Crippen LogP contribution in [0.5, 0.6) is 0 Å². The zero-order chi connectivity index (χ0) is 10.8. The smallest absolute Gasteiger partial charge is 0.214 e. The summed E-state index contributed by atoms with van der Waals surface area (Å²) >= 11 is 5.83. The van der Waals surface area contributed by atoms with Crippen LogP contribution in [0.3, 0.4) is 0 Å². The molecule has 5 heteroatoms. The summed E-state index contributed by atoms with van der Waals surface area (Å²) in [6.07, 6.45) is 0. The van der Waals surface area contributed by atoms with Gasteiger partial charge in [0, 0.05) is 12.1 Å². The van der Waals surface area contributed by atoms with Crippen LogP contribution in [-0.2, 0) is 4.74 Å². The second kappa shape index (κ2) is 4.18. The molecule has 0 spiro atoms. The summed E-state index contributed by atoms with van der Waals surface area (Å²) in [7, 11) is 1.58. The van der Waals surface area contributed by atoms with E-state index in [2.05, 4.69) is 4.98 Å². The van der Waals surface area contributed by atoms with Gasteiger partial charge in [0.25, 0.3) is 0 Å². The fourth-order valence-corrected chi connectivity index (χ4v) is 1.49. The van der Waals surface area contributed by atoms with Gasteiger partial charge in [0.2, 0.25) is 5.89 Å². The Balaban J connectivity index is 2.38. The number of rotatable bonds is 3.